The van der Waals surface area contributed by atoms with Crippen LogP contribution in [0.1, 0.15) is 26.7 Å². The van der Waals surface area contributed by atoms with Crippen LogP contribution in [0.3, 0.4) is 0 Å². The van der Waals surface area contributed by atoms with E-state index in [2.05, 4.69) is 10.2 Å². The largest absolute Gasteiger partial charge is 0.491 e. The van der Waals surface area contributed by atoms with Crippen LogP contribution in [0.5, 0.6) is 5.75 Å². The average Bonchev–Trinajstić information content (AvgIpc) is 2.77. The second-order valence-corrected chi connectivity index (χ2v) is 5.32. The highest BCUT2D eigenvalue weighted by atomic mass is 16.5. The molecule has 0 spiro atoms. The molecular weight excluding hydrogens is 240 g/mol. The number of benzene rings is 1. The summed E-state index contributed by atoms with van der Waals surface area (Å²) in [5.74, 6) is 0.906. The van der Waals surface area contributed by atoms with Crippen LogP contribution in [0.15, 0.2) is 24.3 Å². The highest BCUT2D eigenvalue weighted by molar-refractivity contribution is 5.95. The molecule has 0 aromatic heterocycles. The fourth-order valence-electron chi connectivity index (χ4n) is 2.36. The summed E-state index contributed by atoms with van der Waals surface area (Å²) in [6.07, 6.45) is 2.19. The molecule has 0 saturated carbocycles. The number of carbonyl (C=O) groups excluding carboxylic acids is 1. The van der Waals surface area contributed by atoms with Crippen molar-refractivity contribution in [2.24, 2.45) is 0 Å². The van der Waals surface area contributed by atoms with E-state index in [4.69, 9.17) is 4.74 Å². The fraction of sp³-hybridized carbons (Fsp3) is 0.533. The average molecular weight is 262 g/mol. The van der Waals surface area contributed by atoms with Crippen LogP contribution in [-0.2, 0) is 4.79 Å². The number of hydrogen-bond acceptors (Lipinski definition) is 3. The van der Waals surface area contributed by atoms with Crippen molar-refractivity contribution >= 4 is 11.6 Å². The van der Waals surface area contributed by atoms with Crippen molar-refractivity contribution in [1.29, 1.82) is 0 Å². The molecule has 1 amide bonds. The van der Waals surface area contributed by atoms with Gasteiger partial charge in [-0.25, -0.2) is 0 Å². The second-order valence-electron chi connectivity index (χ2n) is 5.32. The van der Waals surface area contributed by atoms with Gasteiger partial charge in [0, 0.05) is 5.69 Å². The quantitative estimate of drug-likeness (QED) is 0.906. The van der Waals surface area contributed by atoms with Crippen molar-refractivity contribution in [2.45, 2.75) is 38.8 Å². The minimum Gasteiger partial charge on any atom is -0.491 e. The van der Waals surface area contributed by atoms with E-state index in [1.165, 1.54) is 0 Å². The van der Waals surface area contributed by atoms with Crippen molar-refractivity contribution in [3.8, 4) is 5.75 Å². The van der Waals surface area contributed by atoms with Crippen LogP contribution < -0.4 is 10.1 Å². The van der Waals surface area contributed by atoms with Crippen LogP contribution in [0.25, 0.3) is 0 Å². The maximum atomic E-state index is 12.1. The van der Waals surface area contributed by atoms with E-state index in [1.54, 1.807) is 0 Å². The molecule has 1 aromatic carbocycles. The smallest absolute Gasteiger partial charge is 0.241 e. The molecule has 1 fully saturated rings. The molecule has 4 heteroatoms. The maximum absolute atomic E-state index is 12.1. The third kappa shape index (κ3) is 3.70. The van der Waals surface area contributed by atoms with Crippen LogP contribution in [0.4, 0.5) is 5.69 Å². The molecule has 1 atom stereocenters. The molecule has 1 saturated heterocycles. The summed E-state index contributed by atoms with van der Waals surface area (Å²) in [5.41, 5.74) is 0.821. The third-order valence-corrected chi connectivity index (χ3v) is 3.32. The van der Waals surface area contributed by atoms with E-state index in [0.717, 1.165) is 30.8 Å². The van der Waals surface area contributed by atoms with Crippen molar-refractivity contribution in [1.82, 2.24) is 4.90 Å². The zero-order chi connectivity index (χ0) is 13.8. The predicted molar refractivity (Wildman–Crippen MR) is 76.5 cm³/mol. The summed E-state index contributed by atoms with van der Waals surface area (Å²) < 4.78 is 5.57. The van der Waals surface area contributed by atoms with Crippen molar-refractivity contribution in [3.05, 3.63) is 24.3 Å². The first kappa shape index (κ1) is 13.9. The van der Waals surface area contributed by atoms with E-state index < -0.39 is 0 Å². The molecule has 104 valence electrons. The van der Waals surface area contributed by atoms with Crippen LogP contribution >= 0.6 is 0 Å². The Hall–Kier alpha value is -1.55. The lowest BCUT2D eigenvalue weighted by atomic mass is 10.2. The summed E-state index contributed by atoms with van der Waals surface area (Å²) in [6, 6.07) is 7.53. The Bertz CT molecular complexity index is 428. The van der Waals surface area contributed by atoms with E-state index >= 15 is 0 Å². The predicted octanol–water partition coefficient (Wildman–Crippen LogP) is 2.51. The van der Waals surface area contributed by atoms with Gasteiger partial charge in [0.25, 0.3) is 0 Å². The summed E-state index contributed by atoms with van der Waals surface area (Å²) in [5, 5.41) is 2.96. The van der Waals surface area contributed by atoms with E-state index in [-0.39, 0.29) is 18.1 Å². The number of amides is 1. The van der Waals surface area contributed by atoms with E-state index in [9.17, 15) is 4.79 Å². The Morgan fingerprint density at radius 3 is 2.58 bits per heavy atom. The van der Waals surface area contributed by atoms with Gasteiger partial charge in [-0.2, -0.15) is 0 Å². The minimum atomic E-state index is 0.00610. The first-order valence-corrected chi connectivity index (χ1v) is 6.84. The van der Waals surface area contributed by atoms with Gasteiger partial charge in [-0.15, -0.1) is 0 Å². The van der Waals surface area contributed by atoms with Gasteiger partial charge in [0.15, 0.2) is 0 Å². The van der Waals surface area contributed by atoms with Gasteiger partial charge >= 0.3 is 0 Å². The molecule has 1 aliphatic heterocycles. The Balaban J connectivity index is 1.93. The lowest BCUT2D eigenvalue weighted by molar-refractivity contribution is -0.119. The summed E-state index contributed by atoms with van der Waals surface area (Å²) in [6.45, 7) is 4.98. The number of ether oxygens (including phenoxy) is 1. The van der Waals surface area contributed by atoms with Gasteiger partial charge in [0.1, 0.15) is 5.75 Å². The highest BCUT2D eigenvalue weighted by Crippen LogP contribution is 2.19. The Morgan fingerprint density at radius 1 is 1.37 bits per heavy atom. The SMILES string of the molecule is CC(C)Oc1ccc(NC(=O)C2CCCN2C)cc1. The zero-order valence-electron chi connectivity index (χ0n) is 11.8. The molecule has 1 heterocycles. The van der Waals surface area contributed by atoms with Gasteiger partial charge in [0.05, 0.1) is 12.1 Å². The monoisotopic (exact) mass is 262 g/mol. The van der Waals surface area contributed by atoms with Gasteiger partial charge in [-0.05, 0) is 64.5 Å². The van der Waals surface area contributed by atoms with Gasteiger partial charge in [-0.3, -0.25) is 9.69 Å². The first-order chi connectivity index (χ1) is 9.06. The van der Waals surface area contributed by atoms with E-state index in [0.29, 0.717) is 0 Å². The first-order valence-electron chi connectivity index (χ1n) is 6.84. The number of carbonyl (C=O) groups is 1. The topological polar surface area (TPSA) is 41.6 Å². The number of hydrogen-bond donors (Lipinski definition) is 1. The molecule has 1 N–H and O–H groups in total. The highest BCUT2D eigenvalue weighted by Gasteiger charge is 2.27. The molecule has 0 bridgehead atoms. The van der Waals surface area contributed by atoms with Crippen LogP contribution in [0.2, 0.25) is 0 Å². The Kier molecular flexibility index (Phi) is 4.43. The minimum absolute atomic E-state index is 0.00610. The molecule has 1 aliphatic rings. The van der Waals surface area contributed by atoms with Crippen molar-refractivity contribution in [3.63, 3.8) is 0 Å². The summed E-state index contributed by atoms with van der Waals surface area (Å²) in [4.78, 5) is 14.2. The van der Waals surface area contributed by atoms with Crippen LogP contribution in [0, 0.1) is 0 Å². The number of nitrogens with one attached hydrogen (secondary N) is 1. The number of likely N-dealkylation sites (N-methyl/N-ethyl adjacent to an activating group) is 1. The molecule has 0 aliphatic carbocycles. The molecule has 1 aromatic rings. The number of likely N-dealkylation sites (tertiary alicyclic amines) is 1. The second kappa shape index (κ2) is 6.06. The molecule has 0 radical (unpaired) electrons. The molecule has 4 nitrogen and oxygen atoms in total. The molecule has 1 unspecified atom stereocenters. The summed E-state index contributed by atoms with van der Waals surface area (Å²) in [7, 11) is 2.00. The normalized spacial score (nSPS) is 19.7. The zero-order valence-corrected chi connectivity index (χ0v) is 11.8. The van der Waals surface area contributed by atoms with Gasteiger partial charge in [-0.1, -0.05) is 0 Å². The lowest BCUT2D eigenvalue weighted by Crippen LogP contribution is -2.37. The Morgan fingerprint density at radius 2 is 2.05 bits per heavy atom. The number of rotatable bonds is 4. The van der Waals surface area contributed by atoms with Gasteiger partial charge < -0.3 is 10.1 Å². The Labute approximate surface area is 114 Å². The molecule has 19 heavy (non-hydrogen) atoms. The maximum Gasteiger partial charge on any atom is 0.241 e. The van der Waals surface area contributed by atoms with Crippen molar-refractivity contribution < 1.29 is 9.53 Å². The number of anilines is 1. The van der Waals surface area contributed by atoms with E-state index in [1.807, 2.05) is 45.2 Å². The summed E-state index contributed by atoms with van der Waals surface area (Å²) >= 11 is 0. The molecule has 2 rings (SSSR count). The van der Waals surface area contributed by atoms with Crippen LogP contribution in [-0.4, -0.2) is 36.5 Å². The number of nitrogens with zero attached hydrogens (tertiary/aromatic N) is 1. The van der Waals surface area contributed by atoms with Gasteiger partial charge in [0.2, 0.25) is 5.91 Å². The van der Waals surface area contributed by atoms with Crippen molar-refractivity contribution in [2.75, 3.05) is 18.9 Å². The standard InChI is InChI=1S/C15H22N2O2/c1-11(2)19-13-8-6-12(7-9-13)16-15(18)14-5-4-10-17(14)3/h6-9,11,14H,4-5,10H2,1-3H3,(H,16,18). The lowest BCUT2D eigenvalue weighted by Gasteiger charge is -2.18. The fourth-order valence-corrected chi connectivity index (χ4v) is 2.36. The third-order valence-electron chi connectivity index (χ3n) is 3.32. The molecular formula is C15H22N2O2.